The molecule has 0 radical (unpaired) electrons. The number of benzene rings is 2. The molecule has 0 saturated carbocycles. The van der Waals surface area contributed by atoms with E-state index in [1.54, 1.807) is 12.1 Å². The Labute approximate surface area is 181 Å². The van der Waals surface area contributed by atoms with E-state index in [2.05, 4.69) is 16.0 Å². The minimum absolute atomic E-state index is 0.0649. The fourth-order valence-electron chi connectivity index (χ4n) is 3.82. The molecule has 162 valence electrons. The summed E-state index contributed by atoms with van der Waals surface area (Å²) in [6.07, 6.45) is 2.97. The number of amides is 2. The highest BCUT2D eigenvalue weighted by Crippen LogP contribution is 2.30. The second-order valence-corrected chi connectivity index (χ2v) is 9.46. The largest absolute Gasteiger partial charge is 0.385 e. The zero-order chi connectivity index (χ0) is 22.0. The van der Waals surface area contributed by atoms with Crippen molar-refractivity contribution in [3.05, 3.63) is 72.1 Å². The molecule has 2 heterocycles. The normalized spacial score (nSPS) is 20.4. The molecule has 2 aromatic carbocycles. The number of carbonyl (C=O) groups excluding carboxylic acids is 2. The number of hydrogen-bond acceptors (Lipinski definition) is 5. The average molecular weight is 441 g/mol. The van der Waals surface area contributed by atoms with Crippen LogP contribution in [0.3, 0.4) is 0 Å². The van der Waals surface area contributed by atoms with E-state index in [4.69, 9.17) is 0 Å². The van der Waals surface area contributed by atoms with Gasteiger partial charge >= 0.3 is 0 Å². The molecule has 8 nitrogen and oxygen atoms in total. The maximum Gasteiger partial charge on any atom is 0.264 e. The van der Waals surface area contributed by atoms with Crippen molar-refractivity contribution in [3.8, 4) is 0 Å². The second kappa shape index (κ2) is 8.43. The predicted octanol–water partition coefficient (Wildman–Crippen LogP) is 2.02. The van der Waals surface area contributed by atoms with Crippen molar-refractivity contribution in [1.29, 1.82) is 0 Å². The third kappa shape index (κ3) is 4.27. The van der Waals surface area contributed by atoms with Gasteiger partial charge in [0.15, 0.2) is 0 Å². The first-order chi connectivity index (χ1) is 14.9. The lowest BCUT2D eigenvalue weighted by atomic mass is 9.97. The second-order valence-electron chi connectivity index (χ2n) is 7.62. The third-order valence-corrected chi connectivity index (χ3v) is 7.25. The molecule has 0 fully saturated rings. The number of anilines is 1. The summed E-state index contributed by atoms with van der Waals surface area (Å²) in [5.41, 5.74) is 2.85. The average Bonchev–Trinajstić information content (AvgIpc) is 2.75. The summed E-state index contributed by atoms with van der Waals surface area (Å²) in [4.78, 5) is 25.4. The fourth-order valence-corrected chi connectivity index (χ4v) is 5.27. The summed E-state index contributed by atoms with van der Waals surface area (Å²) in [6, 6.07) is 12.7. The number of sulfonamides is 1. The summed E-state index contributed by atoms with van der Waals surface area (Å²) in [7, 11) is -3.99. The van der Waals surface area contributed by atoms with Crippen LogP contribution in [0.25, 0.3) is 0 Å². The molecule has 0 aromatic heterocycles. The van der Waals surface area contributed by atoms with Gasteiger partial charge in [0.25, 0.3) is 10.0 Å². The van der Waals surface area contributed by atoms with Crippen LogP contribution in [0, 0.1) is 6.92 Å². The van der Waals surface area contributed by atoms with Crippen LogP contribution >= 0.6 is 0 Å². The van der Waals surface area contributed by atoms with Gasteiger partial charge in [0.1, 0.15) is 6.04 Å². The first-order valence-corrected chi connectivity index (χ1v) is 11.5. The molecule has 2 aliphatic rings. The molecule has 2 amide bonds. The molecule has 2 aliphatic heterocycles. The van der Waals surface area contributed by atoms with Crippen molar-refractivity contribution in [3.63, 3.8) is 0 Å². The molecule has 4 rings (SSSR count). The first kappa shape index (κ1) is 20.9. The van der Waals surface area contributed by atoms with E-state index in [0.29, 0.717) is 13.0 Å². The van der Waals surface area contributed by atoms with E-state index in [1.807, 2.05) is 31.2 Å². The summed E-state index contributed by atoms with van der Waals surface area (Å²) in [5.74, 6) is -0.930. The van der Waals surface area contributed by atoms with Crippen molar-refractivity contribution >= 4 is 27.5 Å². The fraction of sp³-hybridized carbons (Fsp3) is 0.273. The lowest BCUT2D eigenvalue weighted by molar-refractivity contribution is -0.129. The van der Waals surface area contributed by atoms with E-state index in [1.165, 1.54) is 24.5 Å². The topological polar surface area (TPSA) is 108 Å². The highest BCUT2D eigenvalue weighted by molar-refractivity contribution is 7.89. The summed E-state index contributed by atoms with van der Waals surface area (Å²) in [6.45, 7) is 2.57. The minimum Gasteiger partial charge on any atom is -0.385 e. The number of rotatable bonds is 5. The Morgan fingerprint density at radius 3 is 2.68 bits per heavy atom. The van der Waals surface area contributed by atoms with Crippen LogP contribution in [-0.2, 0) is 19.6 Å². The number of fused-ring (bicyclic) bond motifs is 1. The molecule has 0 aliphatic carbocycles. The number of para-hydroxylation sites is 1. The van der Waals surface area contributed by atoms with Gasteiger partial charge in [-0.05, 0) is 37.1 Å². The van der Waals surface area contributed by atoms with E-state index in [-0.39, 0.29) is 23.3 Å². The molecule has 3 N–H and O–H groups in total. The zero-order valence-corrected chi connectivity index (χ0v) is 17.9. The van der Waals surface area contributed by atoms with Gasteiger partial charge in [-0.1, -0.05) is 35.9 Å². The Hall–Kier alpha value is -3.33. The van der Waals surface area contributed by atoms with Gasteiger partial charge in [-0.2, -0.15) is 0 Å². The van der Waals surface area contributed by atoms with Crippen LogP contribution in [0.1, 0.15) is 30.0 Å². The van der Waals surface area contributed by atoms with Crippen molar-refractivity contribution in [2.45, 2.75) is 36.7 Å². The summed E-state index contributed by atoms with van der Waals surface area (Å²) >= 11 is 0. The molecule has 9 heteroatoms. The Kier molecular flexibility index (Phi) is 5.69. The van der Waals surface area contributed by atoms with Gasteiger partial charge in [0.05, 0.1) is 17.4 Å². The molecule has 1 unspecified atom stereocenters. The monoisotopic (exact) mass is 440 g/mol. The highest BCUT2D eigenvalue weighted by atomic mass is 32.2. The maximum atomic E-state index is 13.1. The van der Waals surface area contributed by atoms with Crippen molar-refractivity contribution in [2.24, 2.45) is 0 Å². The summed E-state index contributed by atoms with van der Waals surface area (Å²) < 4.78 is 27.3. The molecule has 0 saturated heterocycles. The number of nitrogens with zero attached hydrogens (tertiary/aromatic N) is 1. The van der Waals surface area contributed by atoms with E-state index in [0.717, 1.165) is 21.1 Å². The van der Waals surface area contributed by atoms with Crippen LogP contribution in [0.2, 0.25) is 0 Å². The lowest BCUT2D eigenvalue weighted by Gasteiger charge is -2.32. The Morgan fingerprint density at radius 2 is 1.90 bits per heavy atom. The lowest BCUT2D eigenvalue weighted by Crippen LogP contribution is -2.51. The molecule has 0 spiro atoms. The maximum absolute atomic E-state index is 13.1. The minimum atomic E-state index is -3.99. The quantitative estimate of drug-likeness (QED) is 0.659. The molecular formula is C22H24N4O4S. The molecule has 0 bridgehead atoms. The zero-order valence-electron chi connectivity index (χ0n) is 17.0. The van der Waals surface area contributed by atoms with Gasteiger partial charge in [0.2, 0.25) is 11.8 Å². The molecule has 31 heavy (non-hydrogen) atoms. The number of carbonyl (C=O) groups is 2. The SMILES string of the molecule is Cc1ccc(S(=O)(=O)N2C=CNC(=O)[C@H]2CC(=O)NC2CCNc3ccccc32)cc1. The van der Waals surface area contributed by atoms with Crippen molar-refractivity contribution < 1.29 is 18.0 Å². The number of hydrogen-bond donors (Lipinski definition) is 3. The standard InChI is InChI=1S/C22H24N4O4S/c1-15-6-8-16(9-7-15)31(29,30)26-13-12-24-22(28)20(26)14-21(27)25-19-10-11-23-18-5-3-2-4-17(18)19/h2-9,12-13,19-20,23H,10-11,14H2,1H3,(H,24,28)(H,25,27)/t19?,20-/m1/s1. The number of nitrogens with one attached hydrogen (secondary N) is 3. The Bertz CT molecular complexity index is 1130. The first-order valence-electron chi connectivity index (χ1n) is 10.1. The number of aryl methyl sites for hydroxylation is 1. The van der Waals surface area contributed by atoms with Crippen molar-refractivity contribution in [1.82, 2.24) is 14.9 Å². The highest BCUT2D eigenvalue weighted by Gasteiger charge is 2.37. The molecule has 2 aromatic rings. The van der Waals surface area contributed by atoms with Crippen LogP contribution in [0.5, 0.6) is 0 Å². The van der Waals surface area contributed by atoms with Gasteiger partial charge in [-0.3, -0.25) is 13.9 Å². The van der Waals surface area contributed by atoms with Gasteiger partial charge in [-0.25, -0.2) is 8.42 Å². The van der Waals surface area contributed by atoms with Crippen LogP contribution in [-0.4, -0.2) is 37.1 Å². The van der Waals surface area contributed by atoms with Crippen LogP contribution < -0.4 is 16.0 Å². The smallest absolute Gasteiger partial charge is 0.264 e. The summed E-state index contributed by atoms with van der Waals surface area (Å²) in [5, 5.41) is 8.75. The van der Waals surface area contributed by atoms with Crippen molar-refractivity contribution in [2.75, 3.05) is 11.9 Å². The van der Waals surface area contributed by atoms with Gasteiger partial charge in [-0.15, -0.1) is 0 Å². The molecule has 2 atom stereocenters. The Morgan fingerprint density at radius 1 is 1.16 bits per heavy atom. The molecular weight excluding hydrogens is 416 g/mol. The van der Waals surface area contributed by atoms with Crippen LogP contribution in [0.15, 0.2) is 65.8 Å². The predicted molar refractivity (Wildman–Crippen MR) is 116 cm³/mol. The van der Waals surface area contributed by atoms with Crippen LogP contribution in [0.4, 0.5) is 5.69 Å². The van der Waals surface area contributed by atoms with Gasteiger partial charge < -0.3 is 16.0 Å². The Balaban J connectivity index is 1.53. The van der Waals surface area contributed by atoms with E-state index < -0.39 is 22.0 Å². The van der Waals surface area contributed by atoms with Gasteiger partial charge in [0, 0.05) is 24.6 Å². The third-order valence-electron chi connectivity index (χ3n) is 5.45. The van der Waals surface area contributed by atoms with E-state index >= 15 is 0 Å². The van der Waals surface area contributed by atoms with E-state index in [9.17, 15) is 18.0 Å².